The SMILES string of the molecule is [2H]C([2H])([2H])N1c2ccccc2N(N2B(C)c3oc4ccccc4c3C=C2C)[C@H]1C. The van der Waals surface area contributed by atoms with Crippen LogP contribution in [0.2, 0.25) is 6.82 Å². The van der Waals surface area contributed by atoms with Gasteiger partial charge in [0.1, 0.15) is 17.4 Å². The Morgan fingerprint density at radius 3 is 2.62 bits per heavy atom. The molecule has 26 heavy (non-hydrogen) atoms. The van der Waals surface area contributed by atoms with Crippen molar-refractivity contribution in [3.8, 4) is 0 Å². The Kier molecular flexibility index (Phi) is 2.57. The third-order valence-electron chi connectivity index (χ3n) is 5.47. The minimum atomic E-state index is -2.23. The van der Waals surface area contributed by atoms with Crippen molar-refractivity contribution in [1.29, 1.82) is 0 Å². The summed E-state index contributed by atoms with van der Waals surface area (Å²) in [6.07, 6.45) is 1.77. The van der Waals surface area contributed by atoms with Crippen LogP contribution in [0.4, 0.5) is 11.4 Å². The Hall–Kier alpha value is -2.82. The van der Waals surface area contributed by atoms with Crippen molar-refractivity contribution in [2.75, 3.05) is 16.9 Å². The largest absolute Gasteiger partial charge is 0.468 e. The number of fused-ring (bicyclic) bond motifs is 4. The van der Waals surface area contributed by atoms with Gasteiger partial charge in [-0.1, -0.05) is 37.2 Å². The Morgan fingerprint density at radius 1 is 1.08 bits per heavy atom. The van der Waals surface area contributed by atoms with E-state index >= 15 is 0 Å². The van der Waals surface area contributed by atoms with Crippen LogP contribution in [0.15, 0.2) is 58.6 Å². The topological polar surface area (TPSA) is 22.9 Å². The molecule has 0 saturated carbocycles. The molecule has 0 amide bonds. The zero-order chi connectivity index (χ0) is 20.5. The van der Waals surface area contributed by atoms with Gasteiger partial charge in [-0.2, -0.15) is 0 Å². The van der Waals surface area contributed by atoms with Crippen molar-refractivity contribution in [3.63, 3.8) is 0 Å². The van der Waals surface area contributed by atoms with E-state index in [1.165, 1.54) is 4.90 Å². The standard InChI is InChI=1S/C21H22BN3O/c1-14-13-17-16-9-5-8-12-20(16)26-21(17)22(3)25(14)24-15(2)23(4)18-10-6-7-11-19(18)24/h5-13,15H,1-4H3/t15-/m0/s1/i4D3. The van der Waals surface area contributed by atoms with Crippen molar-refractivity contribution in [2.45, 2.75) is 26.8 Å². The maximum absolute atomic E-state index is 8.07. The highest BCUT2D eigenvalue weighted by Crippen LogP contribution is 2.41. The summed E-state index contributed by atoms with van der Waals surface area (Å²) in [4.78, 5) is 3.66. The second-order valence-corrected chi connectivity index (χ2v) is 7.02. The fourth-order valence-corrected chi connectivity index (χ4v) is 4.26. The van der Waals surface area contributed by atoms with Gasteiger partial charge < -0.3 is 14.2 Å². The summed E-state index contributed by atoms with van der Waals surface area (Å²) in [5.74, 6) is 0. The molecule has 0 spiro atoms. The number of allylic oxidation sites excluding steroid dienone is 1. The predicted octanol–water partition coefficient (Wildman–Crippen LogP) is 4.15. The third kappa shape index (κ3) is 1.91. The van der Waals surface area contributed by atoms with E-state index in [-0.39, 0.29) is 13.0 Å². The van der Waals surface area contributed by atoms with Crippen LogP contribution in [-0.4, -0.2) is 24.9 Å². The molecule has 2 aliphatic rings. The normalized spacial score (nSPS) is 21.3. The molecule has 0 aliphatic carbocycles. The summed E-state index contributed by atoms with van der Waals surface area (Å²) in [6.45, 7) is 3.79. The number of para-hydroxylation sites is 3. The molecule has 1 atom stereocenters. The average Bonchev–Trinajstić information content (AvgIpc) is 3.17. The molecule has 0 N–H and O–H groups in total. The van der Waals surface area contributed by atoms with Crippen LogP contribution in [-0.2, 0) is 0 Å². The van der Waals surface area contributed by atoms with Crippen LogP contribution >= 0.6 is 0 Å². The summed E-state index contributed by atoms with van der Waals surface area (Å²) >= 11 is 0. The number of benzene rings is 2. The van der Waals surface area contributed by atoms with Gasteiger partial charge in [-0.3, -0.25) is 5.01 Å². The van der Waals surface area contributed by atoms with Crippen molar-refractivity contribution in [1.82, 2.24) is 4.92 Å². The minimum absolute atomic E-state index is 0.0746. The lowest BCUT2D eigenvalue weighted by molar-refractivity contribution is 0.435. The molecule has 0 radical (unpaired) electrons. The lowest BCUT2D eigenvalue weighted by Crippen LogP contribution is -2.59. The summed E-state index contributed by atoms with van der Waals surface area (Å²) in [5, 5.41) is 3.18. The molecule has 3 heterocycles. The van der Waals surface area contributed by atoms with E-state index in [0.29, 0.717) is 0 Å². The molecule has 5 heteroatoms. The van der Waals surface area contributed by atoms with E-state index in [0.717, 1.165) is 39.3 Å². The molecule has 0 bridgehead atoms. The Morgan fingerprint density at radius 2 is 1.81 bits per heavy atom. The molecule has 1 aromatic heterocycles. The lowest BCUT2D eigenvalue weighted by Gasteiger charge is -2.43. The number of hydrazine groups is 1. The van der Waals surface area contributed by atoms with Gasteiger partial charge in [0.05, 0.1) is 11.4 Å². The first-order valence-corrected chi connectivity index (χ1v) is 8.95. The van der Waals surface area contributed by atoms with E-state index in [4.69, 9.17) is 8.53 Å². The van der Waals surface area contributed by atoms with Crippen LogP contribution in [0.25, 0.3) is 17.0 Å². The van der Waals surface area contributed by atoms with Crippen LogP contribution < -0.4 is 15.6 Å². The number of nitrogens with zero attached hydrogens (tertiary/aromatic N) is 3. The second-order valence-electron chi connectivity index (χ2n) is 7.02. The van der Waals surface area contributed by atoms with Gasteiger partial charge in [-0.05, 0) is 38.1 Å². The Balaban J connectivity index is 1.65. The molecule has 2 aromatic carbocycles. The van der Waals surface area contributed by atoms with E-state index in [1.54, 1.807) is 0 Å². The van der Waals surface area contributed by atoms with Crippen molar-refractivity contribution in [3.05, 3.63) is 59.8 Å². The maximum atomic E-state index is 8.07. The number of anilines is 2. The minimum Gasteiger partial charge on any atom is -0.468 e. The fraction of sp³-hybridized carbons (Fsp3) is 0.238. The molecule has 0 fully saturated rings. The van der Waals surface area contributed by atoms with Gasteiger partial charge in [0.25, 0.3) is 0 Å². The number of furan rings is 1. The smallest absolute Gasteiger partial charge is 0.353 e. The number of hydrogen-bond donors (Lipinski definition) is 0. The third-order valence-corrected chi connectivity index (χ3v) is 5.47. The highest BCUT2D eigenvalue weighted by molar-refractivity contribution is 6.70. The lowest BCUT2D eigenvalue weighted by atomic mass is 9.58. The van der Waals surface area contributed by atoms with Crippen molar-refractivity contribution in [2.24, 2.45) is 0 Å². The van der Waals surface area contributed by atoms with Crippen molar-refractivity contribution < 1.29 is 8.53 Å². The zero-order valence-electron chi connectivity index (χ0n) is 18.1. The van der Waals surface area contributed by atoms with Gasteiger partial charge in [-0.25, -0.2) is 0 Å². The molecule has 3 aromatic rings. The second kappa shape index (κ2) is 5.34. The first-order chi connectivity index (χ1) is 13.8. The predicted molar refractivity (Wildman–Crippen MR) is 110 cm³/mol. The molecule has 5 rings (SSSR count). The molecular formula is C21H22BN3O. The first-order valence-electron chi connectivity index (χ1n) is 10.5. The maximum Gasteiger partial charge on any atom is 0.353 e. The van der Waals surface area contributed by atoms with Crippen LogP contribution in [0.5, 0.6) is 0 Å². The van der Waals surface area contributed by atoms with Gasteiger partial charge in [0.15, 0.2) is 0 Å². The van der Waals surface area contributed by atoms with Crippen LogP contribution in [0.1, 0.15) is 23.5 Å². The number of rotatable bonds is 1. The summed E-state index contributed by atoms with van der Waals surface area (Å²) in [7, 11) is 0. The average molecular weight is 346 g/mol. The monoisotopic (exact) mass is 346 g/mol. The first kappa shape index (κ1) is 12.5. The molecule has 4 nitrogen and oxygen atoms in total. The summed E-state index contributed by atoms with van der Waals surface area (Å²) in [6, 6.07) is 15.7. The van der Waals surface area contributed by atoms with Gasteiger partial charge in [0.2, 0.25) is 0 Å². The van der Waals surface area contributed by atoms with Crippen LogP contribution in [0, 0.1) is 0 Å². The van der Waals surface area contributed by atoms with E-state index < -0.39 is 6.98 Å². The van der Waals surface area contributed by atoms with Crippen LogP contribution in [0.3, 0.4) is 0 Å². The Bertz CT molecular complexity index is 1140. The van der Waals surface area contributed by atoms with Gasteiger partial charge in [-0.15, -0.1) is 0 Å². The Labute approximate surface area is 158 Å². The van der Waals surface area contributed by atoms with Gasteiger partial charge in [0, 0.05) is 27.7 Å². The number of hydrogen-bond acceptors (Lipinski definition) is 4. The van der Waals surface area contributed by atoms with Crippen molar-refractivity contribution >= 4 is 40.9 Å². The molecule has 130 valence electrons. The molecule has 0 saturated heterocycles. The van der Waals surface area contributed by atoms with Gasteiger partial charge >= 0.3 is 6.85 Å². The summed E-state index contributed by atoms with van der Waals surface area (Å²) < 4.78 is 30.4. The molecular weight excluding hydrogens is 321 g/mol. The highest BCUT2D eigenvalue weighted by atomic mass is 16.3. The molecule has 2 aliphatic heterocycles. The molecule has 0 unspecified atom stereocenters. The summed E-state index contributed by atoms with van der Waals surface area (Å²) in [5.41, 5.74) is 5.52. The fourth-order valence-electron chi connectivity index (χ4n) is 4.26. The van der Waals surface area contributed by atoms with E-state index in [9.17, 15) is 0 Å². The van der Waals surface area contributed by atoms with E-state index in [2.05, 4.69) is 35.8 Å². The zero-order valence-corrected chi connectivity index (χ0v) is 15.1. The highest BCUT2D eigenvalue weighted by Gasteiger charge is 2.41. The van der Waals surface area contributed by atoms with E-state index in [1.807, 2.05) is 49.4 Å². The quantitative estimate of drug-likeness (QED) is 0.618.